The molecule has 0 aromatic carbocycles. The van der Waals surface area contributed by atoms with E-state index in [1.165, 1.54) is 64.6 Å². The fourth-order valence-corrected chi connectivity index (χ4v) is 3.67. The van der Waals surface area contributed by atoms with Crippen LogP contribution in [0.1, 0.15) is 51.9 Å². The highest BCUT2D eigenvalue weighted by Crippen LogP contribution is 2.48. The van der Waals surface area contributed by atoms with Gasteiger partial charge in [0, 0.05) is 25.2 Å². The number of piperidine rings is 1. The van der Waals surface area contributed by atoms with Crippen molar-refractivity contribution in [3.05, 3.63) is 0 Å². The maximum absolute atomic E-state index is 3.89. The third-order valence-electron chi connectivity index (χ3n) is 5.30. The summed E-state index contributed by atoms with van der Waals surface area (Å²) in [5.41, 5.74) is 0.710. The van der Waals surface area contributed by atoms with Gasteiger partial charge in [-0.15, -0.1) is 0 Å². The average Bonchev–Trinajstić information content (AvgIpc) is 3.01. The second kappa shape index (κ2) is 4.30. The zero-order chi connectivity index (χ0) is 11.0. The predicted octanol–water partition coefficient (Wildman–Crippen LogP) is 2.39. The van der Waals surface area contributed by atoms with Gasteiger partial charge in [0.25, 0.3) is 0 Å². The SMILES string of the molecule is CCC1(CNC2CCN3CCCCC23)CC1. The maximum atomic E-state index is 3.89. The summed E-state index contributed by atoms with van der Waals surface area (Å²) in [5.74, 6) is 0. The van der Waals surface area contributed by atoms with E-state index in [-0.39, 0.29) is 0 Å². The fourth-order valence-electron chi connectivity index (χ4n) is 3.67. The van der Waals surface area contributed by atoms with Gasteiger partial charge in [0.15, 0.2) is 0 Å². The largest absolute Gasteiger partial charge is 0.312 e. The van der Waals surface area contributed by atoms with Crippen LogP contribution in [0.4, 0.5) is 0 Å². The van der Waals surface area contributed by atoms with Crippen LogP contribution in [0.5, 0.6) is 0 Å². The Labute approximate surface area is 99.8 Å². The van der Waals surface area contributed by atoms with E-state index in [0.717, 1.165) is 12.1 Å². The third kappa shape index (κ3) is 2.02. The minimum absolute atomic E-state index is 0.710. The van der Waals surface area contributed by atoms with Crippen LogP contribution in [0.15, 0.2) is 0 Å². The number of fused-ring (bicyclic) bond motifs is 1. The van der Waals surface area contributed by atoms with Crippen molar-refractivity contribution in [2.24, 2.45) is 5.41 Å². The van der Waals surface area contributed by atoms with E-state index in [1.54, 1.807) is 0 Å². The highest BCUT2D eigenvalue weighted by molar-refractivity contribution is 4.98. The van der Waals surface area contributed by atoms with Crippen LogP contribution in [0.3, 0.4) is 0 Å². The Kier molecular flexibility index (Phi) is 2.97. The van der Waals surface area contributed by atoms with Gasteiger partial charge in [0.1, 0.15) is 0 Å². The molecule has 1 aliphatic carbocycles. The van der Waals surface area contributed by atoms with Gasteiger partial charge in [-0.3, -0.25) is 4.90 Å². The lowest BCUT2D eigenvalue weighted by Gasteiger charge is -2.33. The van der Waals surface area contributed by atoms with E-state index in [2.05, 4.69) is 17.1 Å². The number of nitrogens with zero attached hydrogens (tertiary/aromatic N) is 1. The van der Waals surface area contributed by atoms with Gasteiger partial charge in [-0.1, -0.05) is 13.3 Å². The first-order valence-electron chi connectivity index (χ1n) is 7.30. The van der Waals surface area contributed by atoms with Gasteiger partial charge in [-0.05, 0) is 50.5 Å². The first kappa shape index (κ1) is 11.0. The molecular formula is C14H26N2. The molecule has 2 atom stereocenters. The van der Waals surface area contributed by atoms with Crippen molar-refractivity contribution in [2.45, 2.75) is 64.0 Å². The lowest BCUT2D eigenvalue weighted by atomic mass is 9.97. The molecule has 3 rings (SSSR count). The lowest BCUT2D eigenvalue weighted by molar-refractivity contribution is 0.178. The number of hydrogen-bond acceptors (Lipinski definition) is 2. The van der Waals surface area contributed by atoms with Crippen molar-refractivity contribution < 1.29 is 0 Å². The smallest absolute Gasteiger partial charge is 0.0249 e. The van der Waals surface area contributed by atoms with Crippen molar-refractivity contribution in [1.29, 1.82) is 0 Å². The normalized spacial score (nSPS) is 37.3. The monoisotopic (exact) mass is 222 g/mol. The summed E-state index contributed by atoms with van der Waals surface area (Å²) < 4.78 is 0. The van der Waals surface area contributed by atoms with E-state index in [4.69, 9.17) is 0 Å². The molecule has 3 aliphatic rings. The highest BCUT2D eigenvalue weighted by Gasteiger charge is 2.42. The molecular weight excluding hydrogens is 196 g/mol. The third-order valence-corrected chi connectivity index (χ3v) is 5.30. The molecule has 0 spiro atoms. The second-order valence-electron chi connectivity index (χ2n) is 6.23. The first-order chi connectivity index (χ1) is 7.83. The van der Waals surface area contributed by atoms with Gasteiger partial charge in [-0.25, -0.2) is 0 Å². The molecule has 16 heavy (non-hydrogen) atoms. The molecule has 0 bridgehead atoms. The van der Waals surface area contributed by atoms with Gasteiger partial charge in [0.2, 0.25) is 0 Å². The summed E-state index contributed by atoms with van der Waals surface area (Å²) in [4.78, 5) is 2.73. The molecule has 0 amide bonds. The molecule has 2 unspecified atom stereocenters. The minimum Gasteiger partial charge on any atom is -0.312 e. The van der Waals surface area contributed by atoms with Gasteiger partial charge >= 0.3 is 0 Å². The van der Waals surface area contributed by atoms with Crippen LogP contribution in [-0.4, -0.2) is 36.6 Å². The van der Waals surface area contributed by atoms with E-state index < -0.39 is 0 Å². The summed E-state index contributed by atoms with van der Waals surface area (Å²) in [6.07, 6.45) is 10.0. The lowest BCUT2D eigenvalue weighted by Crippen LogP contribution is -2.46. The van der Waals surface area contributed by atoms with Crippen LogP contribution < -0.4 is 5.32 Å². The molecule has 1 saturated carbocycles. The zero-order valence-electron chi connectivity index (χ0n) is 10.7. The quantitative estimate of drug-likeness (QED) is 0.786. The first-order valence-corrected chi connectivity index (χ1v) is 7.30. The second-order valence-corrected chi connectivity index (χ2v) is 6.23. The van der Waals surface area contributed by atoms with E-state index in [1.807, 2.05) is 0 Å². The van der Waals surface area contributed by atoms with Gasteiger partial charge in [0.05, 0.1) is 0 Å². The summed E-state index contributed by atoms with van der Waals surface area (Å²) in [5, 5.41) is 3.89. The minimum atomic E-state index is 0.710. The van der Waals surface area contributed by atoms with Crippen molar-refractivity contribution >= 4 is 0 Å². The molecule has 2 saturated heterocycles. The topological polar surface area (TPSA) is 15.3 Å². The van der Waals surface area contributed by atoms with E-state index >= 15 is 0 Å². The van der Waals surface area contributed by atoms with Crippen LogP contribution in [0, 0.1) is 5.41 Å². The van der Waals surface area contributed by atoms with Crippen molar-refractivity contribution in [3.8, 4) is 0 Å². The molecule has 2 nitrogen and oxygen atoms in total. The summed E-state index contributed by atoms with van der Waals surface area (Å²) in [6.45, 7) is 6.36. The maximum Gasteiger partial charge on any atom is 0.0249 e. The molecule has 1 N–H and O–H groups in total. The Morgan fingerprint density at radius 3 is 2.81 bits per heavy atom. The Morgan fingerprint density at radius 2 is 2.06 bits per heavy atom. The number of hydrogen-bond donors (Lipinski definition) is 1. The van der Waals surface area contributed by atoms with E-state index in [9.17, 15) is 0 Å². The van der Waals surface area contributed by atoms with Gasteiger partial charge < -0.3 is 5.32 Å². The van der Waals surface area contributed by atoms with Crippen LogP contribution in [-0.2, 0) is 0 Å². The van der Waals surface area contributed by atoms with E-state index in [0.29, 0.717) is 5.41 Å². The van der Waals surface area contributed by atoms with Crippen molar-refractivity contribution in [3.63, 3.8) is 0 Å². The molecule has 0 radical (unpaired) electrons. The molecule has 3 fully saturated rings. The molecule has 2 aliphatic heterocycles. The Bertz CT molecular complexity index is 247. The standard InChI is InChI=1S/C14H26N2/c1-2-14(7-8-14)11-15-12-6-10-16-9-4-3-5-13(12)16/h12-13,15H,2-11H2,1H3. The molecule has 2 heterocycles. The van der Waals surface area contributed by atoms with Crippen molar-refractivity contribution in [1.82, 2.24) is 10.2 Å². The molecule has 0 aromatic rings. The molecule has 2 heteroatoms. The van der Waals surface area contributed by atoms with Crippen LogP contribution in [0.2, 0.25) is 0 Å². The van der Waals surface area contributed by atoms with Crippen LogP contribution >= 0.6 is 0 Å². The fraction of sp³-hybridized carbons (Fsp3) is 1.00. The zero-order valence-corrected chi connectivity index (χ0v) is 10.7. The Hall–Kier alpha value is -0.0800. The molecule has 92 valence electrons. The summed E-state index contributed by atoms with van der Waals surface area (Å²) >= 11 is 0. The van der Waals surface area contributed by atoms with Gasteiger partial charge in [-0.2, -0.15) is 0 Å². The van der Waals surface area contributed by atoms with Crippen molar-refractivity contribution in [2.75, 3.05) is 19.6 Å². The predicted molar refractivity (Wildman–Crippen MR) is 67.6 cm³/mol. The molecule has 0 aromatic heterocycles. The summed E-state index contributed by atoms with van der Waals surface area (Å²) in [7, 11) is 0. The Morgan fingerprint density at radius 1 is 1.19 bits per heavy atom. The highest BCUT2D eigenvalue weighted by atomic mass is 15.2. The summed E-state index contributed by atoms with van der Waals surface area (Å²) in [6, 6.07) is 1.69. The number of nitrogens with one attached hydrogen (secondary N) is 1. The average molecular weight is 222 g/mol. The Balaban J connectivity index is 1.51. The number of rotatable bonds is 4. The van der Waals surface area contributed by atoms with Crippen LogP contribution in [0.25, 0.3) is 0 Å².